The van der Waals surface area contributed by atoms with Gasteiger partial charge in [0.25, 0.3) is 5.91 Å². The molecule has 2 N–H and O–H groups in total. The third-order valence-electron chi connectivity index (χ3n) is 3.94. The van der Waals surface area contributed by atoms with Gasteiger partial charge in [0.1, 0.15) is 17.8 Å². The van der Waals surface area contributed by atoms with Crippen molar-refractivity contribution in [3.05, 3.63) is 29.8 Å². The van der Waals surface area contributed by atoms with Crippen LogP contribution in [0.25, 0.3) is 0 Å². The molecule has 1 saturated heterocycles. The topological polar surface area (TPSA) is 87.7 Å². The first kappa shape index (κ1) is 19.6. The quantitative estimate of drug-likeness (QED) is 0.718. The highest BCUT2D eigenvalue weighted by atomic mass is 19.3. The first-order valence-corrected chi connectivity index (χ1v) is 8.09. The van der Waals surface area contributed by atoms with Gasteiger partial charge in [0.05, 0.1) is 0 Å². The lowest BCUT2D eigenvalue weighted by molar-refractivity contribution is -0.134. The normalized spacial score (nSPS) is 19.9. The van der Waals surface area contributed by atoms with E-state index in [4.69, 9.17) is 0 Å². The van der Waals surface area contributed by atoms with Crippen molar-refractivity contribution in [1.82, 2.24) is 15.5 Å². The number of benzene rings is 1. The summed E-state index contributed by atoms with van der Waals surface area (Å²) in [5.74, 6) is -0.854. The van der Waals surface area contributed by atoms with Crippen molar-refractivity contribution in [2.75, 3.05) is 13.1 Å². The van der Waals surface area contributed by atoms with E-state index in [1.165, 1.54) is 31.2 Å². The number of halogens is 2. The van der Waals surface area contributed by atoms with Gasteiger partial charge in [-0.1, -0.05) is 26.0 Å². The minimum atomic E-state index is -2.95. The number of carbonyl (C=O) groups is 3. The average Bonchev–Trinajstić information content (AvgIpc) is 2.77. The predicted octanol–water partition coefficient (Wildman–Crippen LogP) is 1.83. The summed E-state index contributed by atoms with van der Waals surface area (Å²) < 4.78 is 28.7. The lowest BCUT2D eigenvalue weighted by atomic mass is 9.92. The van der Waals surface area contributed by atoms with Crippen LogP contribution >= 0.6 is 0 Å². The lowest BCUT2D eigenvalue weighted by Crippen LogP contribution is -2.43. The number of hydrogen-bond acceptors (Lipinski definition) is 4. The Morgan fingerprint density at radius 2 is 1.88 bits per heavy atom. The van der Waals surface area contributed by atoms with Gasteiger partial charge in [0, 0.05) is 6.54 Å². The molecular weight excluding hydrogens is 348 g/mol. The maximum absolute atomic E-state index is 12.7. The second-order valence-electron chi connectivity index (χ2n) is 6.55. The van der Waals surface area contributed by atoms with Crippen molar-refractivity contribution in [2.45, 2.75) is 32.9 Å². The van der Waals surface area contributed by atoms with Crippen LogP contribution in [0.2, 0.25) is 0 Å². The minimum Gasteiger partial charge on any atom is -0.435 e. The number of ether oxygens (including phenoxy) is 1. The summed E-state index contributed by atoms with van der Waals surface area (Å²) in [5.41, 5.74) is -0.999. The Balaban J connectivity index is 2.11. The molecule has 0 saturated carbocycles. The number of amides is 4. The SMILES string of the molecule is CC(C)CNC(=O)CN1C(=O)NC(C)(c2ccc(OC(F)F)cc2)C1=O. The zero-order chi connectivity index (χ0) is 19.5. The fourth-order valence-electron chi connectivity index (χ4n) is 2.52. The summed E-state index contributed by atoms with van der Waals surface area (Å²) in [7, 11) is 0. The number of carbonyl (C=O) groups excluding carboxylic acids is 3. The van der Waals surface area contributed by atoms with Crippen LogP contribution in [0.15, 0.2) is 24.3 Å². The molecule has 2 rings (SSSR count). The Morgan fingerprint density at radius 1 is 1.27 bits per heavy atom. The number of alkyl halides is 2. The molecule has 0 aliphatic carbocycles. The van der Waals surface area contributed by atoms with Crippen molar-refractivity contribution >= 4 is 17.8 Å². The molecule has 142 valence electrons. The average molecular weight is 369 g/mol. The molecule has 0 aromatic heterocycles. The van der Waals surface area contributed by atoms with Crippen LogP contribution in [0.5, 0.6) is 5.75 Å². The minimum absolute atomic E-state index is 0.0611. The van der Waals surface area contributed by atoms with Crippen molar-refractivity contribution in [1.29, 1.82) is 0 Å². The highest BCUT2D eigenvalue weighted by molar-refractivity contribution is 6.09. The van der Waals surface area contributed by atoms with E-state index < -0.39 is 30.0 Å². The van der Waals surface area contributed by atoms with Crippen LogP contribution in [0, 0.1) is 5.92 Å². The Bertz CT molecular complexity index is 694. The van der Waals surface area contributed by atoms with E-state index in [1.54, 1.807) is 0 Å². The van der Waals surface area contributed by atoms with Crippen molar-refractivity contribution in [3.63, 3.8) is 0 Å². The third-order valence-corrected chi connectivity index (χ3v) is 3.94. The maximum atomic E-state index is 12.7. The summed E-state index contributed by atoms with van der Waals surface area (Å²) >= 11 is 0. The maximum Gasteiger partial charge on any atom is 0.387 e. The van der Waals surface area contributed by atoms with Gasteiger partial charge in [0.15, 0.2) is 0 Å². The molecule has 1 aromatic rings. The van der Waals surface area contributed by atoms with Crippen LogP contribution in [-0.2, 0) is 15.1 Å². The van der Waals surface area contributed by atoms with Crippen LogP contribution in [0.4, 0.5) is 13.6 Å². The smallest absolute Gasteiger partial charge is 0.387 e. The molecule has 0 radical (unpaired) electrons. The van der Waals surface area contributed by atoms with Crippen molar-refractivity contribution in [3.8, 4) is 5.75 Å². The van der Waals surface area contributed by atoms with Crippen LogP contribution in [0.3, 0.4) is 0 Å². The molecule has 7 nitrogen and oxygen atoms in total. The molecule has 9 heteroatoms. The van der Waals surface area contributed by atoms with Gasteiger partial charge < -0.3 is 15.4 Å². The molecule has 1 fully saturated rings. The fraction of sp³-hybridized carbons (Fsp3) is 0.471. The molecule has 1 aliphatic heterocycles. The second kappa shape index (κ2) is 7.67. The lowest BCUT2D eigenvalue weighted by Gasteiger charge is -2.22. The highest BCUT2D eigenvalue weighted by Crippen LogP contribution is 2.30. The summed E-state index contributed by atoms with van der Waals surface area (Å²) in [6.45, 7) is 2.43. The molecule has 1 heterocycles. The Labute approximate surface area is 149 Å². The summed E-state index contributed by atoms with van der Waals surface area (Å²) in [4.78, 5) is 37.6. The van der Waals surface area contributed by atoms with Gasteiger partial charge in [-0.2, -0.15) is 8.78 Å². The number of rotatable bonds is 7. The second-order valence-corrected chi connectivity index (χ2v) is 6.55. The van der Waals surface area contributed by atoms with Crippen LogP contribution < -0.4 is 15.4 Å². The molecule has 1 atom stereocenters. The Kier molecular flexibility index (Phi) is 5.79. The monoisotopic (exact) mass is 369 g/mol. The van der Waals surface area contributed by atoms with Crippen LogP contribution in [0.1, 0.15) is 26.3 Å². The van der Waals surface area contributed by atoms with Gasteiger partial charge in [-0.25, -0.2) is 4.79 Å². The first-order valence-electron chi connectivity index (χ1n) is 8.09. The summed E-state index contributed by atoms with van der Waals surface area (Å²) in [6.07, 6.45) is 0. The zero-order valence-corrected chi connectivity index (χ0v) is 14.7. The van der Waals surface area contributed by atoms with Gasteiger partial charge in [-0.05, 0) is 30.5 Å². The fourth-order valence-corrected chi connectivity index (χ4v) is 2.52. The molecule has 1 aliphatic rings. The van der Waals surface area contributed by atoms with Crippen molar-refractivity contribution < 1.29 is 27.9 Å². The number of imide groups is 1. The van der Waals surface area contributed by atoms with E-state index in [0.717, 1.165) is 4.90 Å². The zero-order valence-electron chi connectivity index (χ0n) is 14.7. The summed E-state index contributed by atoms with van der Waals surface area (Å²) in [6, 6.07) is 4.70. The molecular formula is C17H21F2N3O4. The first-order chi connectivity index (χ1) is 12.1. The van der Waals surface area contributed by atoms with Gasteiger partial charge in [0.2, 0.25) is 5.91 Å². The van der Waals surface area contributed by atoms with E-state index in [0.29, 0.717) is 12.1 Å². The van der Waals surface area contributed by atoms with E-state index in [2.05, 4.69) is 15.4 Å². The standard InChI is InChI=1S/C17H21F2N3O4/c1-10(2)8-20-13(23)9-22-14(24)17(3,21-16(22)25)11-4-6-12(7-5-11)26-15(18)19/h4-7,10,15H,8-9H2,1-3H3,(H,20,23)(H,21,25). The third kappa shape index (κ3) is 4.27. The molecule has 0 spiro atoms. The number of hydrogen-bond donors (Lipinski definition) is 2. The molecule has 1 unspecified atom stereocenters. The van der Waals surface area contributed by atoms with E-state index >= 15 is 0 Å². The van der Waals surface area contributed by atoms with Crippen LogP contribution in [-0.4, -0.2) is 42.4 Å². The predicted molar refractivity (Wildman–Crippen MR) is 88.5 cm³/mol. The number of nitrogens with one attached hydrogen (secondary N) is 2. The largest absolute Gasteiger partial charge is 0.435 e. The van der Waals surface area contributed by atoms with E-state index in [-0.39, 0.29) is 18.2 Å². The summed E-state index contributed by atoms with van der Waals surface area (Å²) in [5, 5.41) is 5.19. The molecule has 4 amide bonds. The number of nitrogens with zero attached hydrogens (tertiary/aromatic N) is 1. The van der Waals surface area contributed by atoms with E-state index in [9.17, 15) is 23.2 Å². The van der Waals surface area contributed by atoms with E-state index in [1.807, 2.05) is 13.8 Å². The highest BCUT2D eigenvalue weighted by Gasteiger charge is 2.49. The van der Waals surface area contributed by atoms with Gasteiger partial charge in [-0.15, -0.1) is 0 Å². The van der Waals surface area contributed by atoms with Crippen molar-refractivity contribution in [2.24, 2.45) is 5.92 Å². The van der Waals surface area contributed by atoms with Gasteiger partial charge >= 0.3 is 12.6 Å². The Morgan fingerprint density at radius 3 is 2.42 bits per heavy atom. The molecule has 26 heavy (non-hydrogen) atoms. The number of urea groups is 1. The molecule has 1 aromatic carbocycles. The Hall–Kier alpha value is -2.71. The van der Waals surface area contributed by atoms with Gasteiger partial charge in [-0.3, -0.25) is 14.5 Å². The molecule has 0 bridgehead atoms.